The maximum atomic E-state index is 13.1. The second-order valence-electron chi connectivity index (χ2n) is 6.92. The summed E-state index contributed by atoms with van der Waals surface area (Å²) in [5.74, 6) is 0.874. The first kappa shape index (κ1) is 18.4. The van der Waals surface area contributed by atoms with E-state index in [1.165, 1.54) is 0 Å². The number of hydrogen-bond donors (Lipinski definition) is 2. The summed E-state index contributed by atoms with van der Waals surface area (Å²) >= 11 is 0. The fourth-order valence-corrected chi connectivity index (χ4v) is 3.54. The quantitative estimate of drug-likeness (QED) is 0.684. The van der Waals surface area contributed by atoms with Gasteiger partial charge in [-0.2, -0.15) is 0 Å². The van der Waals surface area contributed by atoms with Gasteiger partial charge in [-0.3, -0.25) is 10.1 Å². The smallest absolute Gasteiger partial charge is 0.247 e. The first-order chi connectivity index (χ1) is 13.7. The van der Waals surface area contributed by atoms with Crippen molar-refractivity contribution in [3.8, 4) is 0 Å². The second-order valence-corrected chi connectivity index (χ2v) is 6.92. The summed E-state index contributed by atoms with van der Waals surface area (Å²) < 4.78 is 11.0. The average Bonchev–Trinajstić information content (AvgIpc) is 3.36. The fraction of sp³-hybridized carbons (Fsp3) is 0.273. The lowest BCUT2D eigenvalue weighted by molar-refractivity contribution is -0.118. The van der Waals surface area contributed by atoms with Crippen LogP contribution >= 0.6 is 0 Å². The van der Waals surface area contributed by atoms with Gasteiger partial charge in [-0.05, 0) is 24.5 Å². The van der Waals surface area contributed by atoms with E-state index in [0.29, 0.717) is 18.2 Å². The molecule has 3 atom stereocenters. The van der Waals surface area contributed by atoms with Crippen LogP contribution < -0.4 is 10.6 Å². The maximum Gasteiger partial charge on any atom is 0.247 e. The van der Waals surface area contributed by atoms with Crippen molar-refractivity contribution in [1.29, 1.82) is 0 Å². The molecule has 1 aliphatic rings. The summed E-state index contributed by atoms with van der Waals surface area (Å²) in [5.41, 5.74) is 2.00. The van der Waals surface area contributed by atoms with Crippen LogP contribution in [0.15, 0.2) is 71.3 Å². The standard InChI is InChI=1S/C22H23N3O3/c1-15-14-19(25-28-15)24-22(26)20(16-8-4-2-5-9-16)23-18-12-13-27-21(18)17-10-6-3-7-11-17/h2-11,14,18,20-21,23H,12-13H2,1H3,(H,24,25,26)/t18-,20?,21+/m1/s1. The Balaban J connectivity index is 1.56. The van der Waals surface area contributed by atoms with E-state index in [-0.39, 0.29) is 18.1 Å². The normalized spacial score (nSPS) is 20.0. The molecule has 28 heavy (non-hydrogen) atoms. The highest BCUT2D eigenvalue weighted by Gasteiger charge is 2.33. The van der Waals surface area contributed by atoms with Gasteiger partial charge in [0.25, 0.3) is 0 Å². The second kappa shape index (κ2) is 8.37. The van der Waals surface area contributed by atoms with Crippen LogP contribution in [0.1, 0.15) is 35.5 Å². The number of rotatable bonds is 6. The first-order valence-electron chi connectivity index (χ1n) is 9.42. The number of amides is 1. The number of nitrogens with one attached hydrogen (secondary N) is 2. The molecule has 1 aliphatic heterocycles. The Kier molecular flexibility index (Phi) is 5.50. The van der Waals surface area contributed by atoms with Crippen molar-refractivity contribution in [2.75, 3.05) is 11.9 Å². The van der Waals surface area contributed by atoms with E-state index in [4.69, 9.17) is 9.26 Å². The van der Waals surface area contributed by atoms with Crippen molar-refractivity contribution in [2.24, 2.45) is 0 Å². The summed E-state index contributed by atoms with van der Waals surface area (Å²) in [6, 6.07) is 21.0. The molecule has 0 aliphatic carbocycles. The van der Waals surface area contributed by atoms with Gasteiger partial charge in [0.1, 0.15) is 11.8 Å². The van der Waals surface area contributed by atoms with Crippen LogP contribution in [0.25, 0.3) is 0 Å². The zero-order chi connectivity index (χ0) is 19.3. The molecule has 4 rings (SSSR count). The minimum atomic E-state index is -0.531. The molecule has 1 fully saturated rings. The van der Waals surface area contributed by atoms with Crippen LogP contribution in [-0.2, 0) is 9.53 Å². The van der Waals surface area contributed by atoms with Crippen molar-refractivity contribution < 1.29 is 14.1 Å². The SMILES string of the molecule is Cc1cc(NC(=O)C(N[C@@H]2CCO[C@H]2c2ccccc2)c2ccccc2)no1. The summed E-state index contributed by atoms with van der Waals surface area (Å²) in [5, 5.41) is 10.2. The topological polar surface area (TPSA) is 76.4 Å². The Hall–Kier alpha value is -2.96. The van der Waals surface area contributed by atoms with Gasteiger partial charge in [-0.15, -0.1) is 0 Å². The highest BCUT2D eigenvalue weighted by molar-refractivity contribution is 5.94. The van der Waals surface area contributed by atoms with Crippen molar-refractivity contribution in [3.05, 3.63) is 83.6 Å². The Morgan fingerprint density at radius 2 is 1.82 bits per heavy atom. The number of hydrogen-bond acceptors (Lipinski definition) is 5. The predicted molar refractivity (Wildman–Crippen MR) is 106 cm³/mol. The third kappa shape index (κ3) is 4.13. The molecule has 6 nitrogen and oxygen atoms in total. The van der Waals surface area contributed by atoms with E-state index >= 15 is 0 Å². The van der Waals surface area contributed by atoms with Crippen molar-refractivity contribution >= 4 is 11.7 Å². The summed E-state index contributed by atoms with van der Waals surface area (Å²) in [7, 11) is 0. The lowest BCUT2D eigenvalue weighted by Crippen LogP contribution is -2.41. The monoisotopic (exact) mass is 377 g/mol. The molecule has 2 N–H and O–H groups in total. The average molecular weight is 377 g/mol. The number of aromatic nitrogens is 1. The lowest BCUT2D eigenvalue weighted by Gasteiger charge is -2.26. The molecular weight excluding hydrogens is 354 g/mol. The summed E-state index contributed by atoms with van der Waals surface area (Å²) in [6.45, 7) is 2.44. The van der Waals surface area contributed by atoms with Crippen molar-refractivity contribution in [1.82, 2.24) is 10.5 Å². The van der Waals surface area contributed by atoms with Crippen LogP contribution in [0.3, 0.4) is 0 Å². The Labute approximate surface area is 163 Å². The van der Waals surface area contributed by atoms with E-state index in [0.717, 1.165) is 17.5 Å². The van der Waals surface area contributed by atoms with Crippen LogP contribution in [0.2, 0.25) is 0 Å². The van der Waals surface area contributed by atoms with Crippen LogP contribution in [-0.4, -0.2) is 23.7 Å². The summed E-state index contributed by atoms with van der Waals surface area (Å²) in [4.78, 5) is 13.1. The van der Waals surface area contributed by atoms with Gasteiger partial charge in [0.2, 0.25) is 5.91 Å². The first-order valence-corrected chi connectivity index (χ1v) is 9.42. The molecule has 2 aromatic carbocycles. The highest BCUT2D eigenvalue weighted by atomic mass is 16.5. The van der Waals surface area contributed by atoms with Gasteiger partial charge in [0.05, 0.1) is 6.10 Å². The zero-order valence-electron chi connectivity index (χ0n) is 15.7. The summed E-state index contributed by atoms with van der Waals surface area (Å²) in [6.07, 6.45) is 0.744. The van der Waals surface area contributed by atoms with E-state index in [1.54, 1.807) is 13.0 Å². The lowest BCUT2D eigenvalue weighted by atomic mass is 9.99. The van der Waals surface area contributed by atoms with E-state index in [9.17, 15) is 4.79 Å². The number of carbonyl (C=O) groups is 1. The van der Waals surface area contributed by atoms with Crippen molar-refractivity contribution in [2.45, 2.75) is 31.5 Å². The molecule has 0 spiro atoms. The Bertz CT molecular complexity index is 911. The number of carbonyl (C=O) groups excluding carboxylic acids is 1. The minimum Gasteiger partial charge on any atom is -0.372 e. The molecule has 3 aromatic rings. The van der Waals surface area contributed by atoms with Gasteiger partial charge in [-0.25, -0.2) is 0 Å². The van der Waals surface area contributed by atoms with Gasteiger partial charge < -0.3 is 14.6 Å². The number of ether oxygens (including phenoxy) is 1. The molecule has 1 unspecified atom stereocenters. The molecule has 1 amide bonds. The van der Waals surface area contributed by atoms with E-state index < -0.39 is 6.04 Å². The molecule has 144 valence electrons. The third-order valence-corrected chi connectivity index (χ3v) is 4.87. The molecule has 0 radical (unpaired) electrons. The van der Waals surface area contributed by atoms with Crippen LogP contribution in [0.5, 0.6) is 0 Å². The molecular formula is C22H23N3O3. The number of anilines is 1. The molecule has 6 heteroatoms. The van der Waals surface area contributed by atoms with Gasteiger partial charge >= 0.3 is 0 Å². The maximum absolute atomic E-state index is 13.1. The van der Waals surface area contributed by atoms with Crippen LogP contribution in [0, 0.1) is 6.92 Å². The number of nitrogens with zero attached hydrogens (tertiary/aromatic N) is 1. The predicted octanol–water partition coefficient (Wildman–Crippen LogP) is 3.78. The third-order valence-electron chi connectivity index (χ3n) is 4.87. The van der Waals surface area contributed by atoms with Gasteiger partial charge in [-0.1, -0.05) is 65.8 Å². The Morgan fingerprint density at radius 1 is 1.11 bits per heavy atom. The molecule has 2 heterocycles. The van der Waals surface area contributed by atoms with Crippen molar-refractivity contribution in [3.63, 3.8) is 0 Å². The minimum absolute atomic E-state index is 0.0254. The molecule has 0 bridgehead atoms. The number of benzene rings is 2. The molecule has 0 saturated carbocycles. The largest absolute Gasteiger partial charge is 0.372 e. The molecule has 1 saturated heterocycles. The van der Waals surface area contributed by atoms with Crippen LogP contribution in [0.4, 0.5) is 5.82 Å². The van der Waals surface area contributed by atoms with Gasteiger partial charge in [0.15, 0.2) is 5.82 Å². The highest BCUT2D eigenvalue weighted by Crippen LogP contribution is 2.31. The zero-order valence-corrected chi connectivity index (χ0v) is 15.7. The fourth-order valence-electron chi connectivity index (χ4n) is 3.54. The van der Waals surface area contributed by atoms with E-state index in [1.807, 2.05) is 48.5 Å². The number of aryl methyl sites for hydroxylation is 1. The molecule has 1 aromatic heterocycles. The van der Waals surface area contributed by atoms with E-state index in [2.05, 4.69) is 27.9 Å². The van der Waals surface area contributed by atoms with Gasteiger partial charge in [0, 0.05) is 18.7 Å². The Morgan fingerprint density at radius 3 is 2.50 bits per heavy atom.